The fourth-order valence-corrected chi connectivity index (χ4v) is 3.71. The number of rotatable bonds is 4. The van der Waals surface area contributed by atoms with E-state index in [-0.39, 0.29) is 5.54 Å². The second-order valence-corrected chi connectivity index (χ2v) is 7.89. The van der Waals surface area contributed by atoms with Crippen LogP contribution in [0.4, 0.5) is 11.6 Å². The van der Waals surface area contributed by atoms with Gasteiger partial charge in [0, 0.05) is 44.4 Å². The molecule has 1 fully saturated rings. The van der Waals surface area contributed by atoms with Gasteiger partial charge in [0.05, 0.1) is 5.54 Å². The van der Waals surface area contributed by atoms with Gasteiger partial charge in [-0.3, -0.25) is 4.57 Å². The molecule has 9 nitrogen and oxygen atoms in total. The van der Waals surface area contributed by atoms with E-state index in [1.54, 1.807) is 25.5 Å². The Bertz CT molecular complexity index is 999. The smallest absolute Gasteiger partial charge is 0.237 e. The second-order valence-electron chi connectivity index (χ2n) is 7.89. The molecule has 4 heterocycles. The van der Waals surface area contributed by atoms with Crippen molar-refractivity contribution in [3.05, 3.63) is 48.6 Å². The van der Waals surface area contributed by atoms with Gasteiger partial charge in [0.25, 0.3) is 0 Å². The highest BCUT2D eigenvalue weighted by Gasteiger charge is 2.35. The van der Waals surface area contributed by atoms with E-state index in [9.17, 15) is 5.11 Å². The van der Waals surface area contributed by atoms with Crippen molar-refractivity contribution in [3.8, 4) is 5.95 Å². The van der Waals surface area contributed by atoms with E-state index >= 15 is 0 Å². The maximum absolute atomic E-state index is 9.82. The lowest BCUT2D eigenvalue weighted by molar-refractivity contribution is 0.188. The number of imidazole rings is 1. The van der Waals surface area contributed by atoms with Crippen LogP contribution in [0, 0.1) is 6.92 Å². The normalized spacial score (nSPS) is 17.4. The summed E-state index contributed by atoms with van der Waals surface area (Å²) < 4.78 is 1.88. The lowest BCUT2D eigenvalue weighted by Crippen LogP contribution is -2.60. The summed E-state index contributed by atoms with van der Waals surface area (Å²) in [6, 6.07) is 3.84. The van der Waals surface area contributed by atoms with Crippen LogP contribution in [-0.2, 0) is 0 Å². The largest absolute Gasteiger partial charge is 0.385 e. The SMILES string of the molecule is Cc1nccn1-c1nccc(N2CCN(c3ccnc([C@@H](C)O)n3)C(C)(C)C2)n1. The lowest BCUT2D eigenvalue weighted by atomic mass is 9.98. The molecule has 0 amide bonds. The van der Waals surface area contributed by atoms with Crippen molar-refractivity contribution in [1.29, 1.82) is 0 Å². The molecule has 0 spiro atoms. The quantitative estimate of drug-likeness (QED) is 0.717. The number of nitrogens with zero attached hydrogens (tertiary/aromatic N) is 8. The van der Waals surface area contributed by atoms with Crippen molar-refractivity contribution in [3.63, 3.8) is 0 Å². The molecule has 4 rings (SSSR count). The zero-order valence-electron chi connectivity index (χ0n) is 17.2. The standard InChI is InChI=1S/C20H26N8O/c1-14(29)18-22-7-6-17(24-18)28-12-11-26(13-20(28,3)4)16-5-8-23-19(25-16)27-10-9-21-15(27)2/h5-10,14,29H,11-13H2,1-4H3/t14-/m1/s1. The summed E-state index contributed by atoms with van der Waals surface area (Å²) in [5.41, 5.74) is -0.182. The molecule has 1 saturated heterocycles. The van der Waals surface area contributed by atoms with E-state index in [1.807, 2.05) is 29.8 Å². The Morgan fingerprint density at radius 1 is 1.00 bits per heavy atom. The van der Waals surface area contributed by atoms with Crippen molar-refractivity contribution in [1.82, 2.24) is 29.5 Å². The maximum atomic E-state index is 9.82. The van der Waals surface area contributed by atoms with E-state index in [1.165, 1.54) is 0 Å². The van der Waals surface area contributed by atoms with Gasteiger partial charge in [-0.25, -0.2) is 19.9 Å². The summed E-state index contributed by atoms with van der Waals surface area (Å²) in [6.07, 6.45) is 6.42. The molecule has 9 heteroatoms. The van der Waals surface area contributed by atoms with Crippen LogP contribution >= 0.6 is 0 Å². The fraction of sp³-hybridized carbons (Fsp3) is 0.450. The van der Waals surface area contributed by atoms with Gasteiger partial charge < -0.3 is 14.9 Å². The molecule has 152 valence electrons. The number of anilines is 2. The molecular formula is C20H26N8O. The molecule has 29 heavy (non-hydrogen) atoms. The lowest BCUT2D eigenvalue weighted by Gasteiger charge is -2.48. The van der Waals surface area contributed by atoms with Crippen LogP contribution < -0.4 is 9.80 Å². The number of aromatic nitrogens is 6. The predicted molar refractivity (Wildman–Crippen MR) is 110 cm³/mol. The summed E-state index contributed by atoms with van der Waals surface area (Å²) in [6.45, 7) is 10.3. The van der Waals surface area contributed by atoms with E-state index in [0.717, 1.165) is 37.1 Å². The molecule has 0 bridgehead atoms. The third-order valence-corrected chi connectivity index (χ3v) is 5.21. The number of hydrogen-bond donors (Lipinski definition) is 1. The van der Waals surface area contributed by atoms with Crippen LogP contribution in [0.15, 0.2) is 36.9 Å². The Morgan fingerprint density at radius 3 is 2.45 bits per heavy atom. The van der Waals surface area contributed by atoms with Crippen molar-refractivity contribution in [2.24, 2.45) is 0 Å². The van der Waals surface area contributed by atoms with Crippen molar-refractivity contribution in [2.45, 2.75) is 39.3 Å². The molecule has 1 N–H and O–H groups in total. The first-order valence-corrected chi connectivity index (χ1v) is 9.72. The zero-order chi connectivity index (χ0) is 20.6. The van der Waals surface area contributed by atoms with Gasteiger partial charge in [0.1, 0.15) is 23.6 Å². The van der Waals surface area contributed by atoms with Gasteiger partial charge in [-0.15, -0.1) is 0 Å². The number of piperazine rings is 1. The number of hydrogen-bond acceptors (Lipinski definition) is 8. The summed E-state index contributed by atoms with van der Waals surface area (Å²) in [5.74, 6) is 3.64. The molecule has 0 saturated carbocycles. The van der Waals surface area contributed by atoms with E-state index in [2.05, 4.69) is 43.6 Å². The van der Waals surface area contributed by atoms with E-state index in [0.29, 0.717) is 11.8 Å². The van der Waals surface area contributed by atoms with Crippen molar-refractivity contribution >= 4 is 11.6 Å². The minimum atomic E-state index is -0.689. The molecule has 0 aliphatic carbocycles. The topological polar surface area (TPSA) is 96.1 Å². The highest BCUT2D eigenvalue weighted by atomic mass is 16.3. The Morgan fingerprint density at radius 2 is 1.76 bits per heavy atom. The first-order valence-electron chi connectivity index (χ1n) is 9.72. The first kappa shape index (κ1) is 19.3. The van der Waals surface area contributed by atoms with Crippen LogP contribution in [-0.4, -0.2) is 59.8 Å². The van der Waals surface area contributed by atoms with Crippen molar-refractivity contribution < 1.29 is 5.11 Å². The van der Waals surface area contributed by atoms with Crippen molar-refractivity contribution in [2.75, 3.05) is 29.4 Å². The molecule has 0 aromatic carbocycles. The highest BCUT2D eigenvalue weighted by molar-refractivity contribution is 5.48. The summed E-state index contributed by atoms with van der Waals surface area (Å²) in [7, 11) is 0. The average Bonchev–Trinajstić information content (AvgIpc) is 3.13. The Balaban J connectivity index is 1.57. The molecule has 0 unspecified atom stereocenters. The van der Waals surface area contributed by atoms with Gasteiger partial charge in [0.2, 0.25) is 5.95 Å². The fourth-order valence-electron chi connectivity index (χ4n) is 3.71. The third-order valence-electron chi connectivity index (χ3n) is 5.21. The minimum absolute atomic E-state index is 0.182. The zero-order valence-corrected chi connectivity index (χ0v) is 17.2. The van der Waals surface area contributed by atoms with Crippen LogP contribution in [0.1, 0.15) is 38.5 Å². The molecule has 1 atom stereocenters. The third kappa shape index (κ3) is 3.77. The average molecular weight is 394 g/mol. The van der Waals surface area contributed by atoms with Gasteiger partial charge in [-0.1, -0.05) is 0 Å². The highest BCUT2D eigenvalue weighted by Crippen LogP contribution is 2.29. The monoisotopic (exact) mass is 394 g/mol. The van der Waals surface area contributed by atoms with Crippen LogP contribution in [0.3, 0.4) is 0 Å². The number of aliphatic hydroxyl groups excluding tert-OH is 1. The molecule has 1 aliphatic rings. The van der Waals surface area contributed by atoms with Gasteiger partial charge in [-0.05, 0) is 39.8 Å². The molecule has 3 aromatic heterocycles. The van der Waals surface area contributed by atoms with E-state index < -0.39 is 6.10 Å². The summed E-state index contributed by atoms with van der Waals surface area (Å²) in [5, 5.41) is 9.82. The predicted octanol–water partition coefficient (Wildman–Crippen LogP) is 1.92. The van der Waals surface area contributed by atoms with Gasteiger partial charge in [-0.2, -0.15) is 4.98 Å². The first-order chi connectivity index (χ1) is 13.8. The number of aryl methyl sites for hydroxylation is 1. The summed E-state index contributed by atoms with van der Waals surface area (Å²) >= 11 is 0. The Labute approximate surface area is 170 Å². The van der Waals surface area contributed by atoms with Crippen LogP contribution in [0.2, 0.25) is 0 Å². The minimum Gasteiger partial charge on any atom is -0.385 e. The number of aliphatic hydroxyl groups is 1. The molecule has 3 aromatic rings. The Kier molecular flexibility index (Phi) is 4.91. The Hall–Kier alpha value is -3.07. The second kappa shape index (κ2) is 7.40. The summed E-state index contributed by atoms with van der Waals surface area (Å²) in [4.78, 5) is 26.7. The molecular weight excluding hydrogens is 368 g/mol. The van der Waals surface area contributed by atoms with Gasteiger partial charge in [0.15, 0.2) is 5.82 Å². The van der Waals surface area contributed by atoms with Gasteiger partial charge >= 0.3 is 0 Å². The van der Waals surface area contributed by atoms with E-state index in [4.69, 9.17) is 4.98 Å². The van der Waals surface area contributed by atoms with Crippen LogP contribution in [0.5, 0.6) is 0 Å². The molecule has 0 radical (unpaired) electrons. The van der Waals surface area contributed by atoms with Crippen LogP contribution in [0.25, 0.3) is 5.95 Å². The maximum Gasteiger partial charge on any atom is 0.237 e. The molecule has 1 aliphatic heterocycles.